The second-order valence-electron chi connectivity index (χ2n) is 4.94. The molecule has 0 spiro atoms. The van der Waals surface area contributed by atoms with Crippen LogP contribution in [0.4, 0.5) is 5.82 Å². The number of nitrogens with one attached hydrogen (secondary N) is 1. The van der Waals surface area contributed by atoms with E-state index >= 15 is 0 Å². The summed E-state index contributed by atoms with van der Waals surface area (Å²) in [5.41, 5.74) is 1.23. The summed E-state index contributed by atoms with van der Waals surface area (Å²) in [4.78, 5) is 11.6. The molecule has 1 amide bonds. The van der Waals surface area contributed by atoms with Gasteiger partial charge in [-0.05, 0) is 42.7 Å². The number of amides is 1. The Hall–Kier alpha value is -1.40. The summed E-state index contributed by atoms with van der Waals surface area (Å²) >= 11 is 5.04. The molecule has 0 aliphatic heterocycles. The molecule has 1 aromatic heterocycles. The molecule has 6 heteroatoms. The summed E-state index contributed by atoms with van der Waals surface area (Å²) in [6.07, 6.45) is 1.97. The number of hydrogen-bond donors (Lipinski definition) is 1. The fourth-order valence-corrected chi connectivity index (χ4v) is 2.81. The van der Waals surface area contributed by atoms with Gasteiger partial charge in [-0.2, -0.15) is 0 Å². The minimum atomic E-state index is 0.0552. The molecule has 1 heterocycles. The van der Waals surface area contributed by atoms with Crippen LogP contribution in [0.3, 0.4) is 0 Å². The summed E-state index contributed by atoms with van der Waals surface area (Å²) < 4.78 is 1.08. The monoisotopic (exact) mass is 363 g/mol. The Morgan fingerprint density at radius 1 is 1.19 bits per heavy atom. The molecular formula is C15H14BrN3OS. The average Bonchev–Trinajstić information content (AvgIpc) is 3.33. The molecule has 21 heavy (non-hydrogen) atoms. The summed E-state index contributed by atoms with van der Waals surface area (Å²) in [5.74, 6) is 1.60. The predicted octanol–water partition coefficient (Wildman–Crippen LogP) is 3.88. The minimum absolute atomic E-state index is 0.0552. The smallest absolute Gasteiger partial charge is 0.228 e. The van der Waals surface area contributed by atoms with Gasteiger partial charge < -0.3 is 5.32 Å². The van der Waals surface area contributed by atoms with E-state index in [1.54, 1.807) is 17.8 Å². The van der Waals surface area contributed by atoms with Crippen molar-refractivity contribution in [3.63, 3.8) is 0 Å². The molecule has 0 bridgehead atoms. The van der Waals surface area contributed by atoms with Crippen LogP contribution >= 0.6 is 27.7 Å². The maximum Gasteiger partial charge on any atom is 0.228 e. The van der Waals surface area contributed by atoms with E-state index in [0.29, 0.717) is 5.82 Å². The number of nitrogens with zero attached hydrogens (tertiary/aromatic N) is 2. The van der Waals surface area contributed by atoms with E-state index in [2.05, 4.69) is 43.6 Å². The van der Waals surface area contributed by atoms with Crippen molar-refractivity contribution in [2.75, 3.05) is 5.32 Å². The molecule has 1 fully saturated rings. The first kappa shape index (κ1) is 14.5. The molecule has 4 nitrogen and oxygen atoms in total. The minimum Gasteiger partial charge on any atom is -0.309 e. The highest BCUT2D eigenvalue weighted by Gasteiger charge is 2.29. The summed E-state index contributed by atoms with van der Waals surface area (Å²) in [7, 11) is 0. The van der Waals surface area contributed by atoms with Crippen LogP contribution in [0.5, 0.6) is 0 Å². The van der Waals surface area contributed by atoms with Gasteiger partial charge in [0.05, 0.1) is 0 Å². The van der Waals surface area contributed by atoms with E-state index in [9.17, 15) is 4.79 Å². The lowest BCUT2D eigenvalue weighted by molar-refractivity contribution is -0.117. The number of benzene rings is 1. The molecule has 2 aromatic rings. The zero-order valence-electron chi connectivity index (χ0n) is 11.3. The lowest BCUT2D eigenvalue weighted by Gasteiger charge is -2.04. The van der Waals surface area contributed by atoms with Gasteiger partial charge in [-0.3, -0.25) is 4.79 Å². The van der Waals surface area contributed by atoms with Crippen LogP contribution in [-0.4, -0.2) is 16.1 Å². The standard InChI is InChI=1S/C15H14BrN3OS/c16-12-5-1-10(2-6-12)9-21-14-8-7-13(18-19-14)17-15(20)11-3-4-11/h1-2,5-8,11H,3-4,9H2,(H,17,18,20). The van der Waals surface area contributed by atoms with Crippen LogP contribution in [0.15, 0.2) is 45.9 Å². The Kier molecular flexibility index (Phi) is 4.55. The molecule has 1 aliphatic carbocycles. The van der Waals surface area contributed by atoms with E-state index in [1.807, 2.05) is 18.2 Å². The van der Waals surface area contributed by atoms with Crippen molar-refractivity contribution in [2.24, 2.45) is 5.92 Å². The average molecular weight is 364 g/mol. The van der Waals surface area contributed by atoms with Gasteiger partial charge in [-0.1, -0.05) is 39.8 Å². The summed E-state index contributed by atoms with van der Waals surface area (Å²) in [5, 5.41) is 11.8. The molecule has 0 saturated heterocycles. The predicted molar refractivity (Wildman–Crippen MR) is 87.1 cm³/mol. The van der Waals surface area contributed by atoms with Gasteiger partial charge in [-0.25, -0.2) is 0 Å². The van der Waals surface area contributed by atoms with Crippen LogP contribution in [0, 0.1) is 5.92 Å². The van der Waals surface area contributed by atoms with E-state index < -0.39 is 0 Å². The number of halogens is 1. The van der Waals surface area contributed by atoms with Crippen molar-refractivity contribution in [1.82, 2.24) is 10.2 Å². The highest BCUT2D eigenvalue weighted by atomic mass is 79.9. The Bertz CT molecular complexity index is 626. The van der Waals surface area contributed by atoms with Crippen molar-refractivity contribution in [2.45, 2.75) is 23.6 Å². The zero-order valence-corrected chi connectivity index (χ0v) is 13.7. The highest BCUT2D eigenvalue weighted by Crippen LogP contribution is 2.30. The second-order valence-corrected chi connectivity index (χ2v) is 6.85. The van der Waals surface area contributed by atoms with Crippen molar-refractivity contribution in [3.8, 4) is 0 Å². The number of anilines is 1. The van der Waals surface area contributed by atoms with Crippen LogP contribution in [0.2, 0.25) is 0 Å². The molecule has 0 unspecified atom stereocenters. The number of carbonyl (C=O) groups excluding carboxylic acids is 1. The van der Waals surface area contributed by atoms with Crippen LogP contribution in [-0.2, 0) is 10.5 Å². The largest absolute Gasteiger partial charge is 0.309 e. The number of carbonyl (C=O) groups is 1. The molecular weight excluding hydrogens is 350 g/mol. The lowest BCUT2D eigenvalue weighted by Crippen LogP contribution is -2.14. The molecule has 1 aliphatic rings. The summed E-state index contributed by atoms with van der Waals surface area (Å²) in [6, 6.07) is 11.9. The number of thioether (sulfide) groups is 1. The molecule has 0 radical (unpaired) electrons. The van der Waals surface area contributed by atoms with Gasteiger partial charge in [0.15, 0.2) is 5.82 Å². The van der Waals surface area contributed by atoms with E-state index in [0.717, 1.165) is 28.1 Å². The first-order valence-corrected chi connectivity index (χ1v) is 8.50. The van der Waals surface area contributed by atoms with Gasteiger partial charge in [0.25, 0.3) is 0 Å². The molecule has 1 aromatic carbocycles. The first-order chi connectivity index (χ1) is 10.2. The quantitative estimate of drug-likeness (QED) is 0.818. The normalized spacial score (nSPS) is 14.0. The fraction of sp³-hybridized carbons (Fsp3) is 0.267. The fourth-order valence-electron chi connectivity index (χ4n) is 1.78. The molecule has 1 N–H and O–H groups in total. The maximum absolute atomic E-state index is 11.6. The molecule has 1 saturated carbocycles. The second kappa shape index (κ2) is 6.58. The lowest BCUT2D eigenvalue weighted by atomic mass is 10.2. The Morgan fingerprint density at radius 2 is 1.95 bits per heavy atom. The van der Waals surface area contributed by atoms with Crippen molar-refractivity contribution in [1.29, 1.82) is 0 Å². The Morgan fingerprint density at radius 3 is 2.57 bits per heavy atom. The van der Waals surface area contributed by atoms with Gasteiger partial charge in [0.1, 0.15) is 5.03 Å². The van der Waals surface area contributed by atoms with Crippen molar-refractivity contribution >= 4 is 39.4 Å². The van der Waals surface area contributed by atoms with E-state index in [4.69, 9.17) is 0 Å². The van der Waals surface area contributed by atoms with Crippen LogP contribution in [0.25, 0.3) is 0 Å². The number of rotatable bonds is 5. The van der Waals surface area contributed by atoms with Crippen LogP contribution < -0.4 is 5.32 Å². The Balaban J connectivity index is 1.54. The number of hydrogen-bond acceptors (Lipinski definition) is 4. The Labute approximate surface area is 135 Å². The molecule has 0 atom stereocenters. The van der Waals surface area contributed by atoms with Gasteiger partial charge in [0, 0.05) is 16.1 Å². The third-order valence-electron chi connectivity index (χ3n) is 3.14. The van der Waals surface area contributed by atoms with Crippen molar-refractivity contribution in [3.05, 3.63) is 46.4 Å². The zero-order chi connectivity index (χ0) is 14.7. The van der Waals surface area contributed by atoms with Crippen molar-refractivity contribution < 1.29 is 4.79 Å². The van der Waals surface area contributed by atoms with Crippen LogP contribution in [0.1, 0.15) is 18.4 Å². The summed E-state index contributed by atoms with van der Waals surface area (Å²) in [6.45, 7) is 0. The van der Waals surface area contributed by atoms with E-state index in [1.165, 1.54) is 5.56 Å². The first-order valence-electron chi connectivity index (χ1n) is 6.72. The topological polar surface area (TPSA) is 54.9 Å². The van der Waals surface area contributed by atoms with Gasteiger partial charge >= 0.3 is 0 Å². The van der Waals surface area contributed by atoms with Gasteiger partial charge in [-0.15, -0.1) is 10.2 Å². The SMILES string of the molecule is O=C(Nc1ccc(SCc2ccc(Br)cc2)nn1)C1CC1. The highest BCUT2D eigenvalue weighted by molar-refractivity contribution is 9.10. The number of aromatic nitrogens is 2. The van der Waals surface area contributed by atoms with Gasteiger partial charge in [0.2, 0.25) is 5.91 Å². The molecule has 108 valence electrons. The third-order valence-corrected chi connectivity index (χ3v) is 4.66. The maximum atomic E-state index is 11.6. The van der Waals surface area contributed by atoms with E-state index in [-0.39, 0.29) is 11.8 Å². The molecule has 3 rings (SSSR count). The third kappa shape index (κ3) is 4.28.